The summed E-state index contributed by atoms with van der Waals surface area (Å²) >= 11 is 0. The number of hydrogen-bond donors (Lipinski definition) is 1. The summed E-state index contributed by atoms with van der Waals surface area (Å²) in [5.74, 6) is 1.16. The molecule has 120 valence electrons. The van der Waals surface area contributed by atoms with Crippen molar-refractivity contribution in [2.45, 2.75) is 56.3 Å². The predicted octanol–water partition coefficient (Wildman–Crippen LogP) is 1.35. The van der Waals surface area contributed by atoms with Crippen LogP contribution in [-0.4, -0.2) is 58.3 Å². The summed E-state index contributed by atoms with van der Waals surface area (Å²) in [6.45, 7) is 0. The Kier molecular flexibility index (Phi) is 4.40. The van der Waals surface area contributed by atoms with Crippen LogP contribution in [0.15, 0.2) is 12.4 Å². The van der Waals surface area contributed by atoms with Crippen LogP contribution >= 0.6 is 0 Å². The van der Waals surface area contributed by atoms with E-state index < -0.39 is 6.10 Å². The molecule has 1 heterocycles. The number of ether oxygens (including phenoxy) is 1. The topological polar surface area (TPSA) is 75.5 Å². The van der Waals surface area contributed by atoms with Gasteiger partial charge in [0.1, 0.15) is 11.9 Å². The van der Waals surface area contributed by atoms with E-state index >= 15 is 0 Å². The monoisotopic (exact) mass is 305 g/mol. The van der Waals surface area contributed by atoms with Gasteiger partial charge in [-0.2, -0.15) is 0 Å². The van der Waals surface area contributed by atoms with Crippen LogP contribution in [-0.2, 0) is 4.74 Å². The lowest BCUT2D eigenvalue weighted by atomic mass is 9.89. The lowest BCUT2D eigenvalue weighted by molar-refractivity contribution is -0.0714. The van der Waals surface area contributed by atoms with Crippen molar-refractivity contribution in [3.63, 3.8) is 0 Å². The molecule has 3 rings (SSSR count). The second-order valence-electron chi connectivity index (χ2n) is 6.28. The van der Waals surface area contributed by atoms with Crippen molar-refractivity contribution in [3.8, 4) is 0 Å². The number of nitrogens with zero attached hydrogens (tertiary/aromatic N) is 3. The van der Waals surface area contributed by atoms with Gasteiger partial charge in [-0.25, -0.2) is 9.97 Å². The number of aromatic nitrogens is 2. The molecule has 3 atom stereocenters. The summed E-state index contributed by atoms with van der Waals surface area (Å²) in [6, 6.07) is -0.227. The van der Waals surface area contributed by atoms with Crippen molar-refractivity contribution in [1.29, 1.82) is 0 Å². The minimum Gasteiger partial charge on any atom is -0.388 e. The summed E-state index contributed by atoms with van der Waals surface area (Å²) in [6.07, 6.45) is 7.17. The van der Waals surface area contributed by atoms with Crippen molar-refractivity contribution in [3.05, 3.63) is 23.8 Å². The third-order valence-corrected chi connectivity index (χ3v) is 4.75. The fraction of sp³-hybridized carbons (Fsp3) is 0.688. The molecule has 6 nitrogen and oxygen atoms in total. The van der Waals surface area contributed by atoms with Crippen molar-refractivity contribution in [1.82, 2.24) is 14.9 Å². The highest BCUT2D eigenvalue weighted by atomic mass is 16.5. The molecule has 2 saturated carbocycles. The van der Waals surface area contributed by atoms with Crippen LogP contribution in [0, 0.1) is 0 Å². The number of hydrogen-bond acceptors (Lipinski definition) is 5. The first-order valence-electron chi connectivity index (χ1n) is 7.91. The van der Waals surface area contributed by atoms with Crippen molar-refractivity contribution >= 4 is 5.91 Å². The average molecular weight is 305 g/mol. The number of rotatable bonds is 4. The van der Waals surface area contributed by atoms with Gasteiger partial charge >= 0.3 is 0 Å². The molecule has 0 aromatic carbocycles. The molecule has 22 heavy (non-hydrogen) atoms. The van der Waals surface area contributed by atoms with Crippen molar-refractivity contribution in [2.75, 3.05) is 14.2 Å². The maximum absolute atomic E-state index is 12.6. The largest absolute Gasteiger partial charge is 0.388 e. The Morgan fingerprint density at radius 1 is 1.27 bits per heavy atom. The molecule has 0 bridgehead atoms. The zero-order chi connectivity index (χ0) is 15.7. The third kappa shape index (κ3) is 2.98. The van der Waals surface area contributed by atoms with E-state index in [0.717, 1.165) is 37.9 Å². The molecule has 2 fully saturated rings. The SMILES string of the molecule is CO[C@@H]1CCC[C@@H](N(C)C(=O)c2cnc(C3CC3)nc2)[C@H]1O. The summed E-state index contributed by atoms with van der Waals surface area (Å²) in [4.78, 5) is 22.8. The zero-order valence-electron chi connectivity index (χ0n) is 13.1. The minimum atomic E-state index is -0.653. The van der Waals surface area contributed by atoms with Gasteiger partial charge < -0.3 is 14.7 Å². The molecule has 0 saturated heterocycles. The number of amides is 1. The van der Waals surface area contributed by atoms with E-state index in [1.165, 1.54) is 0 Å². The van der Waals surface area contributed by atoms with Crippen molar-refractivity contribution in [2.24, 2.45) is 0 Å². The van der Waals surface area contributed by atoms with Gasteiger partial charge in [0, 0.05) is 32.5 Å². The normalized spacial score (nSPS) is 28.4. The number of carbonyl (C=O) groups excluding carboxylic acids is 1. The number of aliphatic hydroxyl groups excluding tert-OH is 1. The van der Waals surface area contributed by atoms with Crippen LogP contribution in [0.1, 0.15) is 54.2 Å². The second-order valence-corrected chi connectivity index (χ2v) is 6.28. The summed E-state index contributed by atoms with van der Waals surface area (Å²) in [5.41, 5.74) is 0.471. The second kappa shape index (κ2) is 6.30. The van der Waals surface area contributed by atoms with Crippen LogP contribution in [0.3, 0.4) is 0 Å². The van der Waals surface area contributed by atoms with Gasteiger partial charge in [0.25, 0.3) is 5.91 Å². The average Bonchev–Trinajstić information content (AvgIpc) is 3.39. The van der Waals surface area contributed by atoms with Gasteiger partial charge in [-0.05, 0) is 32.1 Å². The minimum absolute atomic E-state index is 0.150. The Bertz CT molecular complexity index is 530. The van der Waals surface area contributed by atoms with Gasteiger partial charge in [-0.1, -0.05) is 0 Å². The molecular formula is C16H23N3O3. The van der Waals surface area contributed by atoms with Crippen molar-refractivity contribution < 1.29 is 14.6 Å². The van der Waals surface area contributed by atoms with Crippen LogP contribution < -0.4 is 0 Å². The molecule has 2 aliphatic carbocycles. The van der Waals surface area contributed by atoms with Gasteiger partial charge in [-0.3, -0.25) is 4.79 Å². The summed E-state index contributed by atoms with van der Waals surface area (Å²) in [5, 5.41) is 10.4. The lowest BCUT2D eigenvalue weighted by Crippen LogP contribution is -2.52. The Morgan fingerprint density at radius 3 is 2.55 bits per heavy atom. The predicted molar refractivity (Wildman–Crippen MR) is 80.5 cm³/mol. The van der Waals surface area contributed by atoms with E-state index in [-0.39, 0.29) is 18.1 Å². The number of methoxy groups -OCH3 is 1. The smallest absolute Gasteiger partial charge is 0.257 e. The van der Waals surface area contributed by atoms with Crippen LogP contribution in [0.25, 0.3) is 0 Å². The maximum atomic E-state index is 12.6. The fourth-order valence-corrected chi connectivity index (χ4v) is 3.15. The molecule has 1 amide bonds. The molecule has 1 aromatic heterocycles. The Labute approximate surface area is 130 Å². The number of likely N-dealkylation sites (N-methyl/N-ethyl adjacent to an activating group) is 1. The highest BCUT2D eigenvalue weighted by Gasteiger charge is 2.36. The highest BCUT2D eigenvalue weighted by Crippen LogP contribution is 2.37. The molecule has 0 radical (unpaired) electrons. The van der Waals surface area contributed by atoms with E-state index in [4.69, 9.17) is 4.74 Å². The van der Waals surface area contributed by atoms with Crippen LogP contribution in [0.2, 0.25) is 0 Å². The number of carbonyl (C=O) groups is 1. The number of aliphatic hydroxyl groups is 1. The molecule has 2 aliphatic rings. The summed E-state index contributed by atoms with van der Waals surface area (Å²) < 4.78 is 5.31. The molecule has 6 heteroatoms. The van der Waals surface area contributed by atoms with Gasteiger partial charge in [0.15, 0.2) is 0 Å². The van der Waals surface area contributed by atoms with Gasteiger partial charge in [0.2, 0.25) is 0 Å². The molecular weight excluding hydrogens is 282 g/mol. The maximum Gasteiger partial charge on any atom is 0.257 e. The van der Waals surface area contributed by atoms with E-state index in [0.29, 0.717) is 11.5 Å². The molecule has 1 aromatic rings. The van der Waals surface area contributed by atoms with Gasteiger partial charge in [-0.15, -0.1) is 0 Å². The standard InChI is InChI=1S/C16H23N3O3/c1-19(12-4-3-5-13(22-2)14(12)20)16(21)11-8-17-15(18-9-11)10-6-7-10/h8-10,12-14,20H,3-7H2,1-2H3/t12-,13-,14-/m1/s1. The first-order chi connectivity index (χ1) is 10.6. The zero-order valence-corrected chi connectivity index (χ0v) is 13.1. The Morgan fingerprint density at radius 2 is 1.95 bits per heavy atom. The van der Waals surface area contributed by atoms with E-state index in [1.54, 1.807) is 31.5 Å². The summed E-state index contributed by atoms with van der Waals surface area (Å²) in [7, 11) is 3.32. The first kappa shape index (κ1) is 15.4. The Balaban J connectivity index is 1.70. The van der Waals surface area contributed by atoms with Gasteiger partial charge in [0.05, 0.1) is 17.7 Å². The molecule has 0 spiro atoms. The van der Waals surface area contributed by atoms with E-state index in [9.17, 15) is 9.90 Å². The lowest BCUT2D eigenvalue weighted by Gasteiger charge is -2.39. The molecule has 1 N–H and O–H groups in total. The first-order valence-corrected chi connectivity index (χ1v) is 7.91. The van der Waals surface area contributed by atoms with E-state index in [2.05, 4.69) is 9.97 Å². The molecule has 0 unspecified atom stereocenters. The molecule has 0 aliphatic heterocycles. The van der Waals surface area contributed by atoms with E-state index in [1.807, 2.05) is 0 Å². The van der Waals surface area contributed by atoms with Crippen LogP contribution in [0.4, 0.5) is 0 Å². The fourth-order valence-electron chi connectivity index (χ4n) is 3.15. The highest BCUT2D eigenvalue weighted by molar-refractivity contribution is 5.93. The third-order valence-electron chi connectivity index (χ3n) is 4.75. The Hall–Kier alpha value is -1.53. The quantitative estimate of drug-likeness (QED) is 0.909. The van der Waals surface area contributed by atoms with Crippen LogP contribution in [0.5, 0.6) is 0 Å².